The lowest BCUT2D eigenvalue weighted by atomic mass is 10.1. The molecule has 0 aromatic carbocycles. The third-order valence-electron chi connectivity index (χ3n) is 2.42. The molecule has 19 heavy (non-hydrogen) atoms. The largest absolute Gasteiger partial charge is 0.480 e. The predicted molar refractivity (Wildman–Crippen MR) is 69.9 cm³/mol. The van der Waals surface area contributed by atoms with E-state index in [0.717, 1.165) is 4.90 Å². The van der Waals surface area contributed by atoms with E-state index < -0.39 is 23.7 Å². The van der Waals surface area contributed by atoms with Crippen LogP contribution in [-0.2, 0) is 14.3 Å². The van der Waals surface area contributed by atoms with Crippen molar-refractivity contribution in [3.05, 3.63) is 0 Å². The average molecular weight is 273 g/mol. The van der Waals surface area contributed by atoms with Gasteiger partial charge in [0.1, 0.15) is 11.6 Å². The van der Waals surface area contributed by atoms with Crippen LogP contribution in [0.1, 0.15) is 41.5 Å². The first-order chi connectivity index (χ1) is 8.45. The number of hydrogen-bond acceptors (Lipinski definition) is 4. The summed E-state index contributed by atoms with van der Waals surface area (Å²) in [7, 11) is 0. The van der Waals surface area contributed by atoms with Crippen LogP contribution in [0.2, 0.25) is 0 Å². The Morgan fingerprint density at radius 3 is 1.95 bits per heavy atom. The molecule has 0 bridgehead atoms. The highest BCUT2D eigenvalue weighted by Crippen LogP contribution is 2.13. The summed E-state index contributed by atoms with van der Waals surface area (Å²) in [4.78, 5) is 35.6. The maximum atomic E-state index is 12.0. The van der Waals surface area contributed by atoms with Crippen LogP contribution in [0.15, 0.2) is 0 Å². The van der Waals surface area contributed by atoms with Crippen molar-refractivity contribution in [3.63, 3.8) is 0 Å². The van der Waals surface area contributed by atoms with Gasteiger partial charge < -0.3 is 9.84 Å². The fourth-order valence-electron chi connectivity index (χ4n) is 1.16. The Morgan fingerprint density at radius 2 is 1.63 bits per heavy atom. The Kier molecular flexibility index (Phi) is 5.99. The van der Waals surface area contributed by atoms with Gasteiger partial charge in [-0.1, -0.05) is 13.8 Å². The zero-order valence-corrected chi connectivity index (χ0v) is 12.4. The molecule has 1 N–H and O–H groups in total. The molecule has 0 unspecified atom stereocenters. The molecule has 1 atom stereocenters. The molecule has 0 aliphatic carbocycles. The van der Waals surface area contributed by atoms with Crippen LogP contribution in [0.5, 0.6) is 0 Å². The highest BCUT2D eigenvalue weighted by molar-refractivity contribution is 5.88. The van der Waals surface area contributed by atoms with Crippen molar-refractivity contribution in [1.29, 1.82) is 0 Å². The monoisotopic (exact) mass is 273 g/mol. The summed E-state index contributed by atoms with van der Waals surface area (Å²) in [5, 5.41) is 8.99. The molecule has 0 aliphatic rings. The van der Waals surface area contributed by atoms with Crippen LogP contribution in [-0.4, -0.2) is 46.0 Å². The fourth-order valence-corrected chi connectivity index (χ4v) is 1.16. The van der Waals surface area contributed by atoms with Gasteiger partial charge in [0, 0.05) is 5.92 Å². The Labute approximate surface area is 113 Å². The lowest BCUT2D eigenvalue weighted by Gasteiger charge is -2.29. The van der Waals surface area contributed by atoms with Crippen molar-refractivity contribution in [2.45, 2.75) is 53.2 Å². The third kappa shape index (κ3) is 6.22. The van der Waals surface area contributed by atoms with Gasteiger partial charge in [0.05, 0.1) is 6.54 Å². The standard InChI is InChI=1S/C13H23NO5/c1-8(2)10(15)7-14(9(3)11(16)17)12(18)19-13(4,5)6/h8-9H,7H2,1-6H3,(H,16,17)/t9-/m0/s1. The maximum absolute atomic E-state index is 12.0. The molecular weight excluding hydrogens is 250 g/mol. The highest BCUT2D eigenvalue weighted by Gasteiger charge is 2.31. The van der Waals surface area contributed by atoms with Crippen LogP contribution in [0.25, 0.3) is 0 Å². The van der Waals surface area contributed by atoms with E-state index in [-0.39, 0.29) is 18.2 Å². The number of nitrogens with zero attached hydrogens (tertiary/aromatic N) is 1. The summed E-state index contributed by atoms with van der Waals surface area (Å²) in [5.74, 6) is -1.66. The van der Waals surface area contributed by atoms with E-state index in [0.29, 0.717) is 0 Å². The zero-order chi connectivity index (χ0) is 15.4. The predicted octanol–water partition coefficient (Wildman–Crippen LogP) is 1.92. The Bertz CT molecular complexity index is 357. The minimum absolute atomic E-state index is 0.209. The third-order valence-corrected chi connectivity index (χ3v) is 2.42. The summed E-state index contributed by atoms with van der Waals surface area (Å²) in [6.45, 7) is 9.51. The molecule has 0 spiro atoms. The normalized spacial score (nSPS) is 13.0. The van der Waals surface area contributed by atoms with E-state index in [1.807, 2.05) is 0 Å². The number of carbonyl (C=O) groups excluding carboxylic acids is 2. The lowest BCUT2D eigenvalue weighted by Crippen LogP contribution is -2.48. The second-order valence-electron chi connectivity index (χ2n) is 5.74. The molecule has 6 heteroatoms. The summed E-state index contributed by atoms with van der Waals surface area (Å²) < 4.78 is 5.12. The van der Waals surface area contributed by atoms with Gasteiger partial charge in [0.15, 0.2) is 5.78 Å². The van der Waals surface area contributed by atoms with E-state index in [9.17, 15) is 14.4 Å². The summed E-state index contributed by atoms with van der Waals surface area (Å²) >= 11 is 0. The number of ketones is 1. The molecule has 0 radical (unpaired) electrons. The van der Waals surface area contributed by atoms with Gasteiger partial charge >= 0.3 is 12.1 Å². The van der Waals surface area contributed by atoms with Gasteiger partial charge in [-0.25, -0.2) is 9.59 Å². The number of amides is 1. The van der Waals surface area contributed by atoms with Crippen molar-refractivity contribution < 1.29 is 24.2 Å². The van der Waals surface area contributed by atoms with Crippen molar-refractivity contribution in [3.8, 4) is 0 Å². The van der Waals surface area contributed by atoms with Crippen LogP contribution < -0.4 is 0 Å². The van der Waals surface area contributed by atoms with Crippen molar-refractivity contribution in [1.82, 2.24) is 4.90 Å². The van der Waals surface area contributed by atoms with E-state index in [1.165, 1.54) is 6.92 Å². The molecule has 0 saturated heterocycles. The smallest absolute Gasteiger partial charge is 0.411 e. The van der Waals surface area contributed by atoms with Crippen LogP contribution in [0.3, 0.4) is 0 Å². The van der Waals surface area contributed by atoms with Gasteiger partial charge in [0.25, 0.3) is 0 Å². The van der Waals surface area contributed by atoms with Crippen LogP contribution in [0, 0.1) is 5.92 Å². The second-order valence-corrected chi connectivity index (χ2v) is 5.74. The number of carboxylic acid groups (broad SMARTS) is 1. The van der Waals surface area contributed by atoms with Gasteiger partial charge in [-0.15, -0.1) is 0 Å². The minimum atomic E-state index is -1.18. The zero-order valence-electron chi connectivity index (χ0n) is 12.4. The Morgan fingerprint density at radius 1 is 1.16 bits per heavy atom. The number of carboxylic acids is 1. The van der Waals surface area contributed by atoms with E-state index in [4.69, 9.17) is 9.84 Å². The van der Waals surface area contributed by atoms with Crippen LogP contribution in [0.4, 0.5) is 4.79 Å². The fraction of sp³-hybridized carbons (Fsp3) is 0.769. The number of hydrogen-bond donors (Lipinski definition) is 1. The SMILES string of the molecule is CC(C)C(=O)CN(C(=O)OC(C)(C)C)[C@@H](C)C(=O)O. The molecule has 0 aromatic heterocycles. The number of ether oxygens (including phenoxy) is 1. The molecule has 0 heterocycles. The minimum Gasteiger partial charge on any atom is -0.480 e. The quantitative estimate of drug-likeness (QED) is 0.827. The van der Waals surface area contributed by atoms with Gasteiger partial charge in [-0.3, -0.25) is 9.69 Å². The number of rotatable bonds is 5. The number of aliphatic carboxylic acids is 1. The first-order valence-electron chi connectivity index (χ1n) is 6.21. The molecule has 1 amide bonds. The first kappa shape index (κ1) is 17.4. The average Bonchev–Trinajstić information content (AvgIpc) is 2.21. The van der Waals surface area contributed by atoms with Gasteiger partial charge in [-0.2, -0.15) is 0 Å². The molecule has 0 saturated carbocycles. The summed E-state index contributed by atoms with van der Waals surface area (Å²) in [5.41, 5.74) is -0.742. The number of Topliss-reactive ketones (excluding diaryl/α,β-unsaturated/α-hetero) is 1. The van der Waals surface area contributed by atoms with E-state index in [2.05, 4.69) is 0 Å². The molecule has 0 aliphatic heterocycles. The first-order valence-corrected chi connectivity index (χ1v) is 6.21. The van der Waals surface area contributed by atoms with Gasteiger partial charge in [-0.05, 0) is 27.7 Å². The van der Waals surface area contributed by atoms with Crippen molar-refractivity contribution >= 4 is 17.8 Å². The highest BCUT2D eigenvalue weighted by atomic mass is 16.6. The van der Waals surface area contributed by atoms with Crippen LogP contribution >= 0.6 is 0 Å². The van der Waals surface area contributed by atoms with E-state index >= 15 is 0 Å². The molecule has 0 fully saturated rings. The summed E-state index contributed by atoms with van der Waals surface area (Å²) in [6.07, 6.45) is -0.795. The topological polar surface area (TPSA) is 83.9 Å². The molecule has 6 nitrogen and oxygen atoms in total. The lowest BCUT2D eigenvalue weighted by molar-refractivity contribution is -0.143. The number of carbonyl (C=O) groups is 3. The maximum Gasteiger partial charge on any atom is 0.411 e. The summed E-state index contributed by atoms with van der Waals surface area (Å²) in [6, 6.07) is -1.11. The van der Waals surface area contributed by atoms with Crippen molar-refractivity contribution in [2.24, 2.45) is 5.92 Å². The molecule has 0 rings (SSSR count). The van der Waals surface area contributed by atoms with Gasteiger partial charge in [0.2, 0.25) is 0 Å². The van der Waals surface area contributed by atoms with E-state index in [1.54, 1.807) is 34.6 Å². The molecule has 110 valence electrons. The Balaban J connectivity index is 5.01. The molecular formula is C13H23NO5. The van der Waals surface area contributed by atoms with Crippen molar-refractivity contribution in [2.75, 3.05) is 6.54 Å². The second kappa shape index (κ2) is 6.54. The molecule has 0 aromatic rings. The Hall–Kier alpha value is -1.59.